The number of likely N-dealkylation sites (tertiary alicyclic amines) is 1. The molecule has 1 unspecified atom stereocenters. The first kappa shape index (κ1) is 15.0. The van der Waals surface area contributed by atoms with E-state index in [0.717, 1.165) is 25.8 Å². The number of carbonyl (C=O) groups is 2. The van der Waals surface area contributed by atoms with Crippen LogP contribution in [0, 0.1) is 11.8 Å². The van der Waals surface area contributed by atoms with Gasteiger partial charge in [-0.15, -0.1) is 0 Å². The third-order valence-electron chi connectivity index (χ3n) is 3.27. The predicted molar refractivity (Wildman–Crippen MR) is 69.3 cm³/mol. The summed E-state index contributed by atoms with van der Waals surface area (Å²) in [6.45, 7) is 6.57. The highest BCUT2D eigenvalue weighted by Crippen LogP contribution is 2.15. The van der Waals surface area contributed by atoms with Gasteiger partial charge in [-0.2, -0.15) is 0 Å². The Morgan fingerprint density at radius 3 is 2.78 bits per heavy atom. The van der Waals surface area contributed by atoms with Crippen molar-refractivity contribution in [3.8, 4) is 0 Å². The maximum Gasteiger partial charge on any atom is 0.307 e. The van der Waals surface area contributed by atoms with Gasteiger partial charge < -0.3 is 10.4 Å². The minimum Gasteiger partial charge on any atom is -0.481 e. The molecule has 0 radical (unpaired) electrons. The van der Waals surface area contributed by atoms with E-state index in [1.165, 1.54) is 0 Å². The zero-order valence-electron chi connectivity index (χ0n) is 11.3. The highest BCUT2D eigenvalue weighted by atomic mass is 16.4. The summed E-state index contributed by atoms with van der Waals surface area (Å²) < 4.78 is 0. The van der Waals surface area contributed by atoms with Crippen LogP contribution in [-0.2, 0) is 9.59 Å². The van der Waals surface area contributed by atoms with Gasteiger partial charge in [-0.3, -0.25) is 14.5 Å². The lowest BCUT2D eigenvalue weighted by Crippen LogP contribution is -2.44. The zero-order valence-corrected chi connectivity index (χ0v) is 11.3. The molecular formula is C13H24N2O3. The Kier molecular flexibility index (Phi) is 6.12. The van der Waals surface area contributed by atoms with E-state index in [2.05, 4.69) is 19.2 Å². The maximum absolute atomic E-state index is 11.7. The molecule has 1 atom stereocenters. The number of carboxylic acid groups (broad SMARTS) is 1. The van der Waals surface area contributed by atoms with Crippen LogP contribution < -0.4 is 5.32 Å². The number of carboxylic acids is 1. The molecule has 0 aromatic rings. The van der Waals surface area contributed by atoms with Gasteiger partial charge in [0.05, 0.1) is 12.5 Å². The van der Waals surface area contributed by atoms with Gasteiger partial charge in [0.15, 0.2) is 0 Å². The number of hydrogen-bond donors (Lipinski definition) is 2. The van der Waals surface area contributed by atoms with Crippen molar-refractivity contribution in [2.24, 2.45) is 11.8 Å². The normalized spacial score (nSPS) is 20.9. The van der Waals surface area contributed by atoms with Crippen molar-refractivity contribution in [2.75, 3.05) is 26.2 Å². The smallest absolute Gasteiger partial charge is 0.307 e. The van der Waals surface area contributed by atoms with Crippen LogP contribution >= 0.6 is 0 Å². The third-order valence-corrected chi connectivity index (χ3v) is 3.27. The second-order valence-electron chi connectivity index (χ2n) is 5.44. The van der Waals surface area contributed by atoms with Crippen molar-refractivity contribution in [1.82, 2.24) is 10.2 Å². The van der Waals surface area contributed by atoms with Crippen LogP contribution in [0.15, 0.2) is 0 Å². The van der Waals surface area contributed by atoms with Crippen molar-refractivity contribution in [3.63, 3.8) is 0 Å². The second kappa shape index (κ2) is 7.36. The highest BCUT2D eigenvalue weighted by Gasteiger charge is 2.26. The summed E-state index contributed by atoms with van der Waals surface area (Å²) in [5.74, 6) is -0.486. The molecule has 0 aromatic carbocycles. The van der Waals surface area contributed by atoms with Gasteiger partial charge >= 0.3 is 5.97 Å². The topological polar surface area (TPSA) is 69.6 Å². The van der Waals surface area contributed by atoms with Gasteiger partial charge in [0.25, 0.3) is 0 Å². The number of carbonyl (C=O) groups excluding carboxylic acids is 1. The number of nitrogens with zero attached hydrogens (tertiary/aromatic N) is 1. The molecule has 5 nitrogen and oxygen atoms in total. The van der Waals surface area contributed by atoms with Crippen molar-refractivity contribution >= 4 is 11.9 Å². The minimum atomic E-state index is -0.750. The van der Waals surface area contributed by atoms with Crippen LogP contribution in [0.2, 0.25) is 0 Å². The summed E-state index contributed by atoms with van der Waals surface area (Å²) in [7, 11) is 0. The lowest BCUT2D eigenvalue weighted by molar-refractivity contribution is -0.144. The Labute approximate surface area is 109 Å². The number of amides is 1. The molecule has 0 spiro atoms. The summed E-state index contributed by atoms with van der Waals surface area (Å²) in [5, 5.41) is 11.8. The number of hydrogen-bond acceptors (Lipinski definition) is 3. The summed E-state index contributed by atoms with van der Waals surface area (Å²) in [4.78, 5) is 24.5. The van der Waals surface area contributed by atoms with Gasteiger partial charge in [-0.05, 0) is 31.7 Å². The van der Waals surface area contributed by atoms with E-state index in [4.69, 9.17) is 5.11 Å². The summed E-state index contributed by atoms with van der Waals surface area (Å²) >= 11 is 0. The lowest BCUT2D eigenvalue weighted by Gasteiger charge is -2.29. The zero-order chi connectivity index (χ0) is 13.5. The van der Waals surface area contributed by atoms with Gasteiger partial charge in [0, 0.05) is 13.1 Å². The Morgan fingerprint density at radius 2 is 2.17 bits per heavy atom. The molecule has 2 N–H and O–H groups in total. The molecule has 0 bridgehead atoms. The van der Waals surface area contributed by atoms with Crippen LogP contribution in [-0.4, -0.2) is 48.1 Å². The van der Waals surface area contributed by atoms with Crippen LogP contribution in [0.3, 0.4) is 0 Å². The Balaban J connectivity index is 2.24. The van der Waals surface area contributed by atoms with E-state index in [1.54, 1.807) is 0 Å². The molecule has 1 aliphatic rings. The van der Waals surface area contributed by atoms with E-state index < -0.39 is 5.97 Å². The fourth-order valence-corrected chi connectivity index (χ4v) is 2.16. The van der Waals surface area contributed by atoms with Gasteiger partial charge in [0.1, 0.15) is 0 Å². The first-order valence-electron chi connectivity index (χ1n) is 6.71. The van der Waals surface area contributed by atoms with E-state index in [-0.39, 0.29) is 11.8 Å². The predicted octanol–water partition coefficient (Wildman–Crippen LogP) is 0.945. The Hall–Kier alpha value is -1.10. The number of piperidine rings is 1. The number of nitrogens with one attached hydrogen (secondary N) is 1. The molecule has 1 amide bonds. The first-order valence-corrected chi connectivity index (χ1v) is 6.71. The van der Waals surface area contributed by atoms with Crippen molar-refractivity contribution in [1.29, 1.82) is 0 Å². The van der Waals surface area contributed by atoms with Crippen LogP contribution in [0.25, 0.3) is 0 Å². The Morgan fingerprint density at radius 1 is 1.44 bits per heavy atom. The largest absolute Gasteiger partial charge is 0.481 e. The summed E-state index contributed by atoms with van der Waals surface area (Å²) in [6, 6.07) is 0. The monoisotopic (exact) mass is 256 g/mol. The van der Waals surface area contributed by atoms with Crippen LogP contribution in [0.5, 0.6) is 0 Å². The number of rotatable bonds is 6. The highest BCUT2D eigenvalue weighted by molar-refractivity contribution is 5.78. The fraction of sp³-hybridized carbons (Fsp3) is 0.846. The van der Waals surface area contributed by atoms with Gasteiger partial charge in [-0.25, -0.2) is 0 Å². The summed E-state index contributed by atoms with van der Waals surface area (Å²) in [6.07, 6.45) is 2.56. The minimum absolute atomic E-state index is 0.00156. The number of aliphatic carboxylic acids is 1. The van der Waals surface area contributed by atoms with E-state index in [0.29, 0.717) is 25.6 Å². The second-order valence-corrected chi connectivity index (χ2v) is 5.44. The average molecular weight is 256 g/mol. The van der Waals surface area contributed by atoms with Crippen LogP contribution in [0.1, 0.15) is 33.1 Å². The molecular weight excluding hydrogens is 232 g/mol. The van der Waals surface area contributed by atoms with Gasteiger partial charge in [0.2, 0.25) is 5.91 Å². The maximum atomic E-state index is 11.7. The molecule has 1 fully saturated rings. The van der Waals surface area contributed by atoms with Crippen molar-refractivity contribution in [2.45, 2.75) is 33.1 Å². The SMILES string of the molecule is CC(C)CCNC(=O)CN1CCCC(C(=O)O)C1. The molecule has 18 heavy (non-hydrogen) atoms. The van der Waals surface area contributed by atoms with Crippen LogP contribution in [0.4, 0.5) is 0 Å². The van der Waals surface area contributed by atoms with Crippen molar-refractivity contribution < 1.29 is 14.7 Å². The molecule has 1 heterocycles. The summed E-state index contributed by atoms with van der Waals surface area (Å²) in [5.41, 5.74) is 0. The molecule has 0 aliphatic carbocycles. The Bertz CT molecular complexity index is 292. The molecule has 1 aliphatic heterocycles. The van der Waals surface area contributed by atoms with Crippen molar-refractivity contribution in [3.05, 3.63) is 0 Å². The standard InChI is InChI=1S/C13H24N2O3/c1-10(2)5-6-14-12(16)9-15-7-3-4-11(8-15)13(17)18/h10-11H,3-9H2,1-2H3,(H,14,16)(H,17,18). The molecule has 0 aromatic heterocycles. The third kappa shape index (κ3) is 5.49. The van der Waals surface area contributed by atoms with E-state index in [1.807, 2.05) is 4.90 Å². The molecule has 104 valence electrons. The molecule has 1 saturated heterocycles. The van der Waals surface area contributed by atoms with Gasteiger partial charge in [-0.1, -0.05) is 13.8 Å². The lowest BCUT2D eigenvalue weighted by atomic mass is 9.98. The van der Waals surface area contributed by atoms with E-state index >= 15 is 0 Å². The first-order chi connectivity index (χ1) is 8.49. The fourth-order valence-electron chi connectivity index (χ4n) is 2.16. The quantitative estimate of drug-likeness (QED) is 0.742. The average Bonchev–Trinajstić information content (AvgIpc) is 2.28. The molecule has 1 rings (SSSR count). The molecule has 5 heteroatoms. The molecule has 0 saturated carbocycles. The van der Waals surface area contributed by atoms with E-state index in [9.17, 15) is 9.59 Å².